The second-order valence-corrected chi connectivity index (χ2v) is 5.89. The summed E-state index contributed by atoms with van der Waals surface area (Å²) in [5.41, 5.74) is 1.60. The number of hydrogen-bond acceptors (Lipinski definition) is 4. The van der Waals surface area contributed by atoms with Gasteiger partial charge in [-0.3, -0.25) is 4.98 Å². The van der Waals surface area contributed by atoms with E-state index in [1.165, 1.54) is 0 Å². The highest BCUT2D eigenvalue weighted by molar-refractivity contribution is 5.75. The fraction of sp³-hybridized carbons (Fsp3) is 0.353. The van der Waals surface area contributed by atoms with Gasteiger partial charge in [0.1, 0.15) is 5.69 Å². The fourth-order valence-electron chi connectivity index (χ4n) is 2.65. The first-order chi connectivity index (χ1) is 11.1. The number of nitrogens with one attached hydrogen (secondary N) is 1. The molecule has 23 heavy (non-hydrogen) atoms. The number of carbonyl (C=O) groups excluding carboxylic acids is 1. The maximum absolute atomic E-state index is 12.3. The van der Waals surface area contributed by atoms with E-state index in [2.05, 4.69) is 35.4 Å². The molecule has 3 heterocycles. The lowest BCUT2D eigenvalue weighted by atomic mass is 10.1. The van der Waals surface area contributed by atoms with Crippen molar-refractivity contribution in [2.24, 2.45) is 5.92 Å². The Labute approximate surface area is 135 Å². The van der Waals surface area contributed by atoms with Crippen LogP contribution in [0.15, 0.2) is 47.3 Å². The van der Waals surface area contributed by atoms with Crippen LogP contribution in [0, 0.1) is 5.92 Å². The summed E-state index contributed by atoms with van der Waals surface area (Å²) in [6, 6.07) is 5.64. The van der Waals surface area contributed by atoms with Crippen LogP contribution in [0.25, 0.3) is 11.3 Å². The van der Waals surface area contributed by atoms with Gasteiger partial charge in [-0.15, -0.1) is 0 Å². The molecule has 0 bridgehead atoms. The zero-order valence-electron chi connectivity index (χ0n) is 13.3. The minimum absolute atomic E-state index is 0.0898. The Bertz CT molecular complexity index is 694. The summed E-state index contributed by atoms with van der Waals surface area (Å²) in [4.78, 5) is 18.2. The van der Waals surface area contributed by atoms with Crippen molar-refractivity contribution in [2.75, 3.05) is 6.54 Å². The lowest BCUT2D eigenvalue weighted by Crippen LogP contribution is -2.44. The van der Waals surface area contributed by atoms with E-state index >= 15 is 0 Å². The summed E-state index contributed by atoms with van der Waals surface area (Å²) in [5, 5.41) is 6.90. The second-order valence-electron chi connectivity index (χ2n) is 5.89. The zero-order valence-corrected chi connectivity index (χ0v) is 13.3. The van der Waals surface area contributed by atoms with Crippen molar-refractivity contribution in [1.82, 2.24) is 20.4 Å². The van der Waals surface area contributed by atoms with E-state index in [9.17, 15) is 4.79 Å². The smallest absolute Gasteiger partial charge is 0.318 e. The zero-order chi connectivity index (χ0) is 16.2. The summed E-state index contributed by atoms with van der Waals surface area (Å²) < 4.78 is 5.28. The molecule has 0 aliphatic carbocycles. The third-order valence-corrected chi connectivity index (χ3v) is 3.87. The van der Waals surface area contributed by atoms with E-state index in [1.807, 2.05) is 29.2 Å². The maximum Gasteiger partial charge on any atom is 0.318 e. The van der Waals surface area contributed by atoms with Gasteiger partial charge < -0.3 is 14.7 Å². The van der Waals surface area contributed by atoms with Crippen molar-refractivity contribution in [1.29, 1.82) is 0 Å². The molecule has 0 aromatic carbocycles. The third-order valence-electron chi connectivity index (χ3n) is 3.87. The van der Waals surface area contributed by atoms with Crippen LogP contribution in [-0.4, -0.2) is 33.7 Å². The topological polar surface area (TPSA) is 71.3 Å². The van der Waals surface area contributed by atoms with Crippen LogP contribution < -0.4 is 5.32 Å². The van der Waals surface area contributed by atoms with E-state index in [1.54, 1.807) is 12.4 Å². The summed E-state index contributed by atoms with van der Waals surface area (Å²) in [5.74, 6) is 1.01. The SMILES string of the molecule is CC(C)C1C=CCN1C(=O)NCc1cc(-c2cccnc2)no1. The molecule has 120 valence electrons. The molecule has 2 aromatic heterocycles. The lowest BCUT2D eigenvalue weighted by Gasteiger charge is -2.27. The molecule has 1 unspecified atom stereocenters. The molecule has 1 aliphatic heterocycles. The number of aromatic nitrogens is 2. The monoisotopic (exact) mass is 312 g/mol. The van der Waals surface area contributed by atoms with Crippen molar-refractivity contribution in [3.05, 3.63) is 48.5 Å². The van der Waals surface area contributed by atoms with Gasteiger partial charge in [0.15, 0.2) is 5.76 Å². The molecule has 0 fully saturated rings. The maximum atomic E-state index is 12.3. The molecular formula is C17H20N4O2. The molecule has 1 aliphatic rings. The number of hydrogen-bond donors (Lipinski definition) is 1. The molecule has 2 aromatic rings. The van der Waals surface area contributed by atoms with E-state index in [0.29, 0.717) is 30.5 Å². The van der Waals surface area contributed by atoms with Crippen LogP contribution in [0.4, 0.5) is 4.79 Å². The number of rotatable bonds is 4. The third kappa shape index (κ3) is 3.41. The molecule has 6 nitrogen and oxygen atoms in total. The van der Waals surface area contributed by atoms with E-state index in [0.717, 1.165) is 5.56 Å². The fourth-order valence-corrected chi connectivity index (χ4v) is 2.65. The molecule has 3 rings (SSSR count). The molecule has 0 spiro atoms. The molecular weight excluding hydrogens is 292 g/mol. The standard InChI is InChI=1S/C17H20N4O2/c1-12(2)16-6-4-8-21(16)17(22)19-11-14-9-15(20-23-14)13-5-3-7-18-10-13/h3-7,9-10,12,16H,8,11H2,1-2H3,(H,19,22). The Morgan fingerprint density at radius 2 is 2.39 bits per heavy atom. The molecule has 2 amide bonds. The summed E-state index contributed by atoms with van der Waals surface area (Å²) in [6.07, 6.45) is 7.54. The Hall–Kier alpha value is -2.63. The molecule has 1 atom stereocenters. The predicted molar refractivity (Wildman–Crippen MR) is 86.4 cm³/mol. The van der Waals surface area contributed by atoms with Gasteiger partial charge in [0.25, 0.3) is 0 Å². The predicted octanol–water partition coefficient (Wildman–Crippen LogP) is 2.84. The Morgan fingerprint density at radius 1 is 1.52 bits per heavy atom. The van der Waals surface area contributed by atoms with Crippen LogP contribution in [0.3, 0.4) is 0 Å². The van der Waals surface area contributed by atoms with Crippen LogP contribution in [0.2, 0.25) is 0 Å². The molecule has 0 saturated heterocycles. The molecule has 1 N–H and O–H groups in total. The number of pyridine rings is 1. The van der Waals surface area contributed by atoms with E-state index < -0.39 is 0 Å². The van der Waals surface area contributed by atoms with Crippen molar-refractivity contribution in [3.8, 4) is 11.3 Å². The summed E-state index contributed by atoms with van der Waals surface area (Å²) >= 11 is 0. The number of urea groups is 1. The normalized spacial score (nSPS) is 17.0. The minimum atomic E-state index is -0.0898. The second kappa shape index (κ2) is 6.64. The number of nitrogens with zero attached hydrogens (tertiary/aromatic N) is 3. The number of carbonyl (C=O) groups is 1. The first-order valence-corrected chi connectivity index (χ1v) is 7.72. The number of amides is 2. The highest BCUT2D eigenvalue weighted by atomic mass is 16.5. The van der Waals surface area contributed by atoms with Crippen molar-refractivity contribution >= 4 is 6.03 Å². The van der Waals surface area contributed by atoms with Crippen LogP contribution >= 0.6 is 0 Å². The quantitative estimate of drug-likeness (QED) is 0.881. The lowest BCUT2D eigenvalue weighted by molar-refractivity contribution is 0.184. The van der Waals surface area contributed by atoms with E-state index in [-0.39, 0.29) is 12.1 Å². The van der Waals surface area contributed by atoms with E-state index in [4.69, 9.17) is 4.52 Å². The van der Waals surface area contributed by atoms with Crippen LogP contribution in [-0.2, 0) is 6.54 Å². The summed E-state index contributed by atoms with van der Waals surface area (Å²) in [7, 11) is 0. The Morgan fingerprint density at radius 3 is 3.13 bits per heavy atom. The van der Waals surface area contributed by atoms with Crippen molar-refractivity contribution < 1.29 is 9.32 Å². The highest BCUT2D eigenvalue weighted by Crippen LogP contribution is 2.19. The summed E-state index contributed by atoms with van der Waals surface area (Å²) in [6.45, 7) is 5.17. The molecule has 0 saturated carbocycles. The van der Waals surface area contributed by atoms with Gasteiger partial charge in [0, 0.05) is 30.6 Å². The molecule has 6 heteroatoms. The molecule has 0 radical (unpaired) electrons. The Balaban J connectivity index is 1.59. The van der Waals surface area contributed by atoms with Crippen LogP contribution in [0.5, 0.6) is 0 Å². The highest BCUT2D eigenvalue weighted by Gasteiger charge is 2.26. The first-order valence-electron chi connectivity index (χ1n) is 7.72. The average Bonchev–Trinajstić information content (AvgIpc) is 3.23. The Kier molecular flexibility index (Phi) is 4.41. The largest absolute Gasteiger partial charge is 0.359 e. The van der Waals surface area contributed by atoms with Gasteiger partial charge in [0.05, 0.1) is 12.6 Å². The van der Waals surface area contributed by atoms with Gasteiger partial charge in [-0.05, 0) is 18.1 Å². The minimum Gasteiger partial charge on any atom is -0.359 e. The average molecular weight is 312 g/mol. The van der Waals surface area contributed by atoms with Crippen molar-refractivity contribution in [3.63, 3.8) is 0 Å². The van der Waals surface area contributed by atoms with Gasteiger partial charge in [0.2, 0.25) is 0 Å². The van der Waals surface area contributed by atoms with Gasteiger partial charge in [-0.1, -0.05) is 31.2 Å². The van der Waals surface area contributed by atoms with Gasteiger partial charge in [-0.25, -0.2) is 4.79 Å². The van der Waals surface area contributed by atoms with Crippen molar-refractivity contribution in [2.45, 2.75) is 26.4 Å². The van der Waals surface area contributed by atoms with Crippen LogP contribution in [0.1, 0.15) is 19.6 Å². The van der Waals surface area contributed by atoms with Gasteiger partial charge >= 0.3 is 6.03 Å². The first kappa shape index (κ1) is 15.3. The van der Waals surface area contributed by atoms with Gasteiger partial charge in [-0.2, -0.15) is 0 Å².